The first-order valence-electron chi connectivity index (χ1n) is 6.84. The van der Waals surface area contributed by atoms with E-state index in [2.05, 4.69) is 20.3 Å². The molecule has 0 saturated carbocycles. The van der Waals surface area contributed by atoms with Crippen LogP contribution >= 0.6 is 0 Å². The van der Waals surface area contributed by atoms with Crippen molar-refractivity contribution in [2.75, 3.05) is 5.32 Å². The van der Waals surface area contributed by atoms with Gasteiger partial charge in [-0.1, -0.05) is 12.1 Å². The fraction of sp³-hybridized carbons (Fsp3) is 0.200. The number of nitro groups is 1. The molecule has 22 heavy (non-hydrogen) atoms. The van der Waals surface area contributed by atoms with Crippen LogP contribution < -0.4 is 5.32 Å². The van der Waals surface area contributed by atoms with Crippen LogP contribution in [0.2, 0.25) is 0 Å². The molecule has 112 valence electrons. The van der Waals surface area contributed by atoms with E-state index in [0.717, 1.165) is 16.6 Å². The van der Waals surface area contributed by atoms with Crippen LogP contribution in [0.1, 0.15) is 17.0 Å². The zero-order chi connectivity index (χ0) is 15.7. The van der Waals surface area contributed by atoms with Gasteiger partial charge in [0.15, 0.2) is 0 Å². The minimum absolute atomic E-state index is 0.00482. The second-order valence-corrected chi connectivity index (χ2v) is 5.09. The van der Waals surface area contributed by atoms with Crippen molar-refractivity contribution in [2.24, 2.45) is 0 Å². The van der Waals surface area contributed by atoms with Crippen LogP contribution in [0.3, 0.4) is 0 Å². The Hall–Kier alpha value is -2.96. The fourth-order valence-electron chi connectivity index (χ4n) is 2.39. The number of nitrogens with zero attached hydrogens (tertiary/aromatic N) is 3. The third kappa shape index (κ3) is 2.48. The Morgan fingerprint density at radius 2 is 2.09 bits per heavy atom. The Morgan fingerprint density at radius 3 is 2.82 bits per heavy atom. The molecule has 0 aliphatic rings. The van der Waals surface area contributed by atoms with E-state index in [0.29, 0.717) is 17.9 Å². The van der Waals surface area contributed by atoms with Crippen LogP contribution in [0.25, 0.3) is 11.0 Å². The third-order valence-corrected chi connectivity index (χ3v) is 3.50. The van der Waals surface area contributed by atoms with Gasteiger partial charge in [0.2, 0.25) is 5.82 Å². The lowest BCUT2D eigenvalue weighted by molar-refractivity contribution is -0.384. The van der Waals surface area contributed by atoms with E-state index in [1.807, 2.05) is 25.1 Å². The normalized spacial score (nSPS) is 10.8. The minimum Gasteiger partial charge on any atom is -0.357 e. The highest BCUT2D eigenvalue weighted by molar-refractivity contribution is 5.78. The quantitative estimate of drug-likeness (QED) is 0.569. The summed E-state index contributed by atoms with van der Waals surface area (Å²) in [6.45, 7) is 4.02. The summed E-state index contributed by atoms with van der Waals surface area (Å²) in [4.78, 5) is 22.5. The van der Waals surface area contributed by atoms with E-state index in [-0.39, 0.29) is 11.5 Å². The van der Waals surface area contributed by atoms with E-state index >= 15 is 0 Å². The van der Waals surface area contributed by atoms with Crippen molar-refractivity contribution in [1.29, 1.82) is 0 Å². The molecule has 0 amide bonds. The molecule has 0 atom stereocenters. The number of aromatic amines is 1. The average Bonchev–Trinajstić information content (AvgIpc) is 2.89. The van der Waals surface area contributed by atoms with Crippen molar-refractivity contribution in [1.82, 2.24) is 15.0 Å². The molecule has 1 aromatic carbocycles. The van der Waals surface area contributed by atoms with Crippen LogP contribution in [0.5, 0.6) is 0 Å². The molecule has 3 rings (SSSR count). The number of hydrogen-bond acceptors (Lipinski definition) is 5. The zero-order valence-electron chi connectivity index (χ0n) is 12.3. The van der Waals surface area contributed by atoms with Gasteiger partial charge in [-0.15, -0.1) is 0 Å². The Bertz CT molecular complexity index is 856. The Balaban J connectivity index is 1.87. The summed E-state index contributed by atoms with van der Waals surface area (Å²) in [7, 11) is 0. The van der Waals surface area contributed by atoms with E-state index in [1.54, 1.807) is 19.2 Å². The number of hydrogen-bond donors (Lipinski definition) is 2. The van der Waals surface area contributed by atoms with Crippen LogP contribution in [0.15, 0.2) is 30.5 Å². The largest absolute Gasteiger partial charge is 0.357 e. The van der Waals surface area contributed by atoms with E-state index < -0.39 is 4.92 Å². The average molecular weight is 297 g/mol. The van der Waals surface area contributed by atoms with Gasteiger partial charge in [0, 0.05) is 11.8 Å². The highest BCUT2D eigenvalue weighted by atomic mass is 16.6. The number of imidazole rings is 1. The number of para-hydroxylation sites is 1. The molecular formula is C15H15N5O2. The lowest BCUT2D eigenvalue weighted by Gasteiger charge is -2.05. The number of nitrogens with one attached hydrogen (secondary N) is 2. The second-order valence-electron chi connectivity index (χ2n) is 5.09. The smallest absolute Gasteiger partial charge is 0.314 e. The predicted molar refractivity (Wildman–Crippen MR) is 83.8 cm³/mol. The standard InChI is InChI=1S/C15H15N5O2/c1-9-4-3-5-11-13(9)19-12(18-11)8-17-15-14(20(21)22)10(2)6-7-16-15/h3-7H,8H2,1-2H3,(H,16,17)(H,18,19). The molecule has 7 heteroatoms. The van der Waals surface area contributed by atoms with Gasteiger partial charge in [0.05, 0.1) is 22.5 Å². The minimum atomic E-state index is -0.423. The summed E-state index contributed by atoms with van der Waals surface area (Å²) in [5.41, 5.74) is 3.51. The topological polar surface area (TPSA) is 96.7 Å². The maximum Gasteiger partial charge on any atom is 0.314 e. The molecule has 2 aromatic heterocycles. The summed E-state index contributed by atoms with van der Waals surface area (Å²) < 4.78 is 0. The van der Waals surface area contributed by atoms with E-state index in [4.69, 9.17) is 0 Å². The first-order chi connectivity index (χ1) is 10.6. The lowest BCUT2D eigenvalue weighted by Crippen LogP contribution is -2.06. The number of fused-ring (bicyclic) bond motifs is 1. The molecule has 0 aliphatic heterocycles. The summed E-state index contributed by atoms with van der Waals surface area (Å²) >= 11 is 0. The van der Waals surface area contributed by atoms with Gasteiger partial charge >= 0.3 is 5.69 Å². The molecule has 7 nitrogen and oxygen atoms in total. The summed E-state index contributed by atoms with van der Waals surface area (Å²) in [5, 5.41) is 14.1. The van der Waals surface area contributed by atoms with Crippen molar-refractivity contribution in [3.8, 4) is 0 Å². The van der Waals surface area contributed by atoms with Gasteiger partial charge in [-0.25, -0.2) is 9.97 Å². The summed E-state index contributed by atoms with van der Waals surface area (Å²) in [6.07, 6.45) is 1.55. The van der Waals surface area contributed by atoms with Gasteiger partial charge in [0.25, 0.3) is 0 Å². The molecule has 2 heterocycles. The van der Waals surface area contributed by atoms with Crippen molar-refractivity contribution in [3.05, 3.63) is 57.5 Å². The van der Waals surface area contributed by atoms with Crippen molar-refractivity contribution < 1.29 is 4.92 Å². The van der Waals surface area contributed by atoms with Crippen molar-refractivity contribution >= 4 is 22.5 Å². The summed E-state index contributed by atoms with van der Waals surface area (Å²) in [6, 6.07) is 7.52. The van der Waals surface area contributed by atoms with Crippen LogP contribution in [0.4, 0.5) is 11.5 Å². The number of aromatic nitrogens is 3. The van der Waals surface area contributed by atoms with Crippen molar-refractivity contribution in [3.63, 3.8) is 0 Å². The predicted octanol–water partition coefficient (Wildman–Crippen LogP) is 3.10. The maximum absolute atomic E-state index is 11.1. The number of aryl methyl sites for hydroxylation is 2. The summed E-state index contributed by atoms with van der Waals surface area (Å²) in [5.74, 6) is 0.962. The molecule has 0 saturated heterocycles. The highest BCUT2D eigenvalue weighted by Crippen LogP contribution is 2.26. The molecule has 3 aromatic rings. The molecular weight excluding hydrogens is 282 g/mol. The Labute approximate surface area is 126 Å². The van der Waals surface area contributed by atoms with E-state index in [9.17, 15) is 10.1 Å². The van der Waals surface area contributed by atoms with Crippen LogP contribution in [-0.4, -0.2) is 19.9 Å². The molecule has 2 N–H and O–H groups in total. The van der Waals surface area contributed by atoms with Gasteiger partial charge in [-0.3, -0.25) is 10.1 Å². The van der Waals surface area contributed by atoms with E-state index in [1.165, 1.54) is 0 Å². The van der Waals surface area contributed by atoms with Crippen LogP contribution in [-0.2, 0) is 6.54 Å². The first-order valence-corrected chi connectivity index (χ1v) is 6.84. The molecule has 0 bridgehead atoms. The number of benzene rings is 1. The monoisotopic (exact) mass is 297 g/mol. The first kappa shape index (κ1) is 14.0. The van der Waals surface area contributed by atoms with Gasteiger partial charge < -0.3 is 10.3 Å². The van der Waals surface area contributed by atoms with Crippen molar-refractivity contribution in [2.45, 2.75) is 20.4 Å². The number of rotatable bonds is 4. The second kappa shape index (κ2) is 5.44. The Morgan fingerprint density at radius 1 is 1.27 bits per heavy atom. The van der Waals surface area contributed by atoms with Gasteiger partial charge in [-0.05, 0) is 31.5 Å². The Kier molecular flexibility index (Phi) is 3.46. The zero-order valence-corrected chi connectivity index (χ0v) is 12.3. The number of pyridine rings is 1. The molecule has 0 radical (unpaired) electrons. The highest BCUT2D eigenvalue weighted by Gasteiger charge is 2.18. The molecule has 0 unspecified atom stereocenters. The molecule has 0 fully saturated rings. The number of H-pyrrole nitrogens is 1. The fourth-order valence-corrected chi connectivity index (χ4v) is 2.39. The molecule has 0 aliphatic carbocycles. The van der Waals surface area contributed by atoms with Crippen LogP contribution in [0, 0.1) is 24.0 Å². The maximum atomic E-state index is 11.1. The van der Waals surface area contributed by atoms with Gasteiger partial charge in [-0.2, -0.15) is 0 Å². The van der Waals surface area contributed by atoms with Gasteiger partial charge in [0.1, 0.15) is 5.82 Å². The molecule has 0 spiro atoms. The third-order valence-electron chi connectivity index (χ3n) is 3.50. The number of anilines is 1. The lowest BCUT2D eigenvalue weighted by atomic mass is 10.2. The SMILES string of the molecule is Cc1ccnc(NCc2nc3c(C)cccc3[nH]2)c1[N+](=O)[O-].